The van der Waals surface area contributed by atoms with Gasteiger partial charge in [0.2, 0.25) is 0 Å². The number of thiophene rings is 1. The third kappa shape index (κ3) is 5.32. The van der Waals surface area contributed by atoms with Crippen molar-refractivity contribution in [3.05, 3.63) is 200 Å². The highest BCUT2D eigenvalue weighted by Crippen LogP contribution is 2.50. The molecule has 0 atom stereocenters. The number of hydrogen-bond acceptors (Lipinski definition) is 3. The predicted molar refractivity (Wildman–Crippen MR) is 235 cm³/mol. The van der Waals surface area contributed by atoms with Crippen molar-refractivity contribution in [2.45, 2.75) is 0 Å². The van der Waals surface area contributed by atoms with Crippen LogP contribution in [-0.2, 0) is 0 Å². The largest absolute Gasteiger partial charge is 0.456 e. The summed E-state index contributed by atoms with van der Waals surface area (Å²) in [5.74, 6) is 0. The van der Waals surface area contributed by atoms with Crippen LogP contribution < -0.4 is 4.90 Å². The van der Waals surface area contributed by atoms with Crippen molar-refractivity contribution in [2.24, 2.45) is 0 Å². The maximum Gasteiger partial charge on any atom is 0.136 e. The number of nitrogens with zero attached hydrogens (tertiary/aromatic N) is 1. The number of hydrogen-bond donors (Lipinski definition) is 0. The van der Waals surface area contributed by atoms with E-state index in [0.717, 1.165) is 44.4 Å². The van der Waals surface area contributed by atoms with Crippen molar-refractivity contribution in [1.82, 2.24) is 0 Å². The Hall–Kier alpha value is -6.94. The van der Waals surface area contributed by atoms with E-state index >= 15 is 0 Å². The molecule has 11 aromatic rings. The number of para-hydroxylation sites is 1. The molecule has 0 N–H and O–H groups in total. The quantitative estimate of drug-likeness (QED) is 0.170. The van der Waals surface area contributed by atoms with E-state index < -0.39 is 0 Å². The highest BCUT2D eigenvalue weighted by atomic mass is 32.1. The molecule has 2 aromatic heterocycles. The molecule has 2 heterocycles. The van der Waals surface area contributed by atoms with E-state index in [-0.39, 0.29) is 0 Å². The minimum absolute atomic E-state index is 0.903. The fraction of sp³-hybridized carbons (Fsp3) is 0. The van der Waals surface area contributed by atoms with Crippen LogP contribution in [0.15, 0.2) is 205 Å². The topological polar surface area (TPSA) is 16.4 Å². The Morgan fingerprint density at radius 1 is 0.382 bits per heavy atom. The molecular formula is C52H33NOS. The van der Waals surface area contributed by atoms with Crippen LogP contribution in [0, 0.1) is 0 Å². The monoisotopic (exact) mass is 719 g/mol. The molecule has 0 saturated carbocycles. The Kier molecular flexibility index (Phi) is 7.39. The van der Waals surface area contributed by atoms with Crippen LogP contribution in [0.1, 0.15) is 0 Å². The van der Waals surface area contributed by atoms with Gasteiger partial charge in [0.1, 0.15) is 11.2 Å². The number of fused-ring (bicyclic) bond motifs is 7. The lowest BCUT2D eigenvalue weighted by Crippen LogP contribution is -2.11. The first-order valence-corrected chi connectivity index (χ1v) is 19.5. The first-order valence-electron chi connectivity index (χ1n) is 18.7. The highest BCUT2D eigenvalue weighted by molar-refractivity contribution is 7.26. The molecule has 0 saturated heterocycles. The Morgan fingerprint density at radius 3 is 1.84 bits per heavy atom. The lowest BCUT2D eigenvalue weighted by Gasteiger charge is -2.29. The van der Waals surface area contributed by atoms with Gasteiger partial charge >= 0.3 is 0 Å². The van der Waals surface area contributed by atoms with Gasteiger partial charge in [-0.1, -0.05) is 152 Å². The molecule has 55 heavy (non-hydrogen) atoms. The molecule has 11 rings (SSSR count). The second kappa shape index (κ2) is 12.9. The van der Waals surface area contributed by atoms with Crippen molar-refractivity contribution in [3.63, 3.8) is 0 Å². The lowest BCUT2D eigenvalue weighted by atomic mass is 9.97. The summed E-state index contributed by atoms with van der Waals surface area (Å²) in [6.45, 7) is 0. The molecular weight excluding hydrogens is 687 g/mol. The van der Waals surface area contributed by atoms with Gasteiger partial charge in [-0.25, -0.2) is 0 Å². The maximum atomic E-state index is 6.27. The molecule has 0 aliphatic rings. The number of anilines is 3. The highest BCUT2D eigenvalue weighted by Gasteiger charge is 2.23. The standard InChI is InChI=1S/C52H33NOS/c1-2-12-36(13-3-1)43-31-32-45-44-15-7-9-20-49(44)55-52(45)51(43)53(40-27-23-35(24-28-40)39-22-21-34-11-4-5-14-38(34)33-39)41-29-25-37(26-30-41)42-17-10-19-48-50(42)46-16-6-8-18-47(46)54-48/h1-33H. The fourth-order valence-corrected chi connectivity index (χ4v) is 9.47. The smallest absolute Gasteiger partial charge is 0.136 e. The summed E-state index contributed by atoms with van der Waals surface area (Å²) < 4.78 is 8.82. The van der Waals surface area contributed by atoms with Gasteiger partial charge in [-0.3, -0.25) is 0 Å². The molecule has 3 heteroatoms. The number of benzene rings is 9. The zero-order chi connectivity index (χ0) is 36.3. The normalized spacial score (nSPS) is 11.6. The van der Waals surface area contributed by atoms with Crippen LogP contribution in [0.5, 0.6) is 0 Å². The van der Waals surface area contributed by atoms with Crippen molar-refractivity contribution in [1.29, 1.82) is 0 Å². The van der Waals surface area contributed by atoms with Gasteiger partial charge in [-0.15, -0.1) is 11.3 Å². The van der Waals surface area contributed by atoms with Crippen LogP contribution in [0.4, 0.5) is 17.1 Å². The summed E-state index contributed by atoms with van der Waals surface area (Å²) >= 11 is 1.87. The van der Waals surface area contributed by atoms with E-state index in [2.05, 4.69) is 193 Å². The van der Waals surface area contributed by atoms with Gasteiger partial charge < -0.3 is 9.32 Å². The summed E-state index contributed by atoms with van der Waals surface area (Å²) in [6.07, 6.45) is 0. The van der Waals surface area contributed by atoms with Gasteiger partial charge in [0.25, 0.3) is 0 Å². The van der Waals surface area contributed by atoms with Crippen LogP contribution in [0.25, 0.3) is 86.3 Å². The van der Waals surface area contributed by atoms with E-state index in [0.29, 0.717) is 0 Å². The average molecular weight is 720 g/mol. The van der Waals surface area contributed by atoms with E-state index in [1.54, 1.807) is 0 Å². The van der Waals surface area contributed by atoms with Crippen molar-refractivity contribution in [3.8, 4) is 33.4 Å². The minimum atomic E-state index is 0.903. The first kappa shape index (κ1) is 31.6. The molecule has 0 aliphatic heterocycles. The zero-order valence-corrected chi connectivity index (χ0v) is 30.6. The second-order valence-corrected chi connectivity index (χ2v) is 15.1. The summed E-state index contributed by atoms with van der Waals surface area (Å²) in [5, 5.41) is 7.32. The van der Waals surface area contributed by atoms with E-state index in [4.69, 9.17) is 4.42 Å². The molecule has 2 nitrogen and oxygen atoms in total. The summed E-state index contributed by atoms with van der Waals surface area (Å²) in [5.41, 5.74) is 12.3. The molecule has 0 radical (unpaired) electrons. The van der Waals surface area contributed by atoms with E-state index in [9.17, 15) is 0 Å². The van der Waals surface area contributed by atoms with Gasteiger partial charge in [0, 0.05) is 43.2 Å². The van der Waals surface area contributed by atoms with Gasteiger partial charge in [-0.05, 0) is 87.1 Å². The molecule has 9 aromatic carbocycles. The van der Waals surface area contributed by atoms with Gasteiger partial charge in [0.15, 0.2) is 0 Å². The van der Waals surface area contributed by atoms with Crippen LogP contribution >= 0.6 is 11.3 Å². The molecule has 0 amide bonds. The molecule has 0 unspecified atom stereocenters. The summed E-state index contributed by atoms with van der Waals surface area (Å²) in [7, 11) is 0. The number of furan rings is 1. The van der Waals surface area contributed by atoms with Gasteiger partial charge in [-0.2, -0.15) is 0 Å². The van der Waals surface area contributed by atoms with Crippen molar-refractivity contribution in [2.75, 3.05) is 4.90 Å². The van der Waals surface area contributed by atoms with E-state index in [1.165, 1.54) is 58.9 Å². The Morgan fingerprint density at radius 2 is 1.02 bits per heavy atom. The van der Waals surface area contributed by atoms with Crippen LogP contribution in [-0.4, -0.2) is 0 Å². The second-order valence-electron chi connectivity index (χ2n) is 14.1. The Bertz CT molecular complexity index is 3190. The maximum absolute atomic E-state index is 6.27. The molecule has 0 fully saturated rings. The van der Waals surface area contributed by atoms with E-state index in [1.807, 2.05) is 23.5 Å². The summed E-state index contributed by atoms with van der Waals surface area (Å²) in [4.78, 5) is 2.46. The third-order valence-electron chi connectivity index (χ3n) is 10.9. The molecule has 0 bridgehead atoms. The number of rotatable bonds is 6. The Labute approximate surface area is 322 Å². The summed E-state index contributed by atoms with van der Waals surface area (Å²) in [6, 6.07) is 72.3. The lowest BCUT2D eigenvalue weighted by molar-refractivity contribution is 0.669. The SMILES string of the molecule is c1ccc(-c2ccc3c(sc4ccccc43)c2N(c2ccc(-c3ccc4ccccc4c3)cc2)c2ccc(-c3cccc4oc5ccccc5c34)cc2)cc1. The first-order chi connectivity index (χ1) is 27.3. The van der Waals surface area contributed by atoms with Crippen molar-refractivity contribution >= 4 is 81.3 Å². The zero-order valence-electron chi connectivity index (χ0n) is 29.8. The van der Waals surface area contributed by atoms with Crippen LogP contribution in [0.3, 0.4) is 0 Å². The Balaban J connectivity index is 1.12. The predicted octanol–water partition coefficient (Wildman–Crippen LogP) is 15.6. The molecule has 0 spiro atoms. The third-order valence-corrected chi connectivity index (χ3v) is 12.1. The minimum Gasteiger partial charge on any atom is -0.456 e. The van der Waals surface area contributed by atoms with Crippen LogP contribution in [0.2, 0.25) is 0 Å². The average Bonchev–Trinajstić information content (AvgIpc) is 3.83. The molecule has 258 valence electrons. The molecule has 0 aliphatic carbocycles. The fourth-order valence-electron chi connectivity index (χ4n) is 8.23. The van der Waals surface area contributed by atoms with Crippen molar-refractivity contribution < 1.29 is 4.42 Å². The van der Waals surface area contributed by atoms with Gasteiger partial charge in [0.05, 0.1) is 10.4 Å².